The third kappa shape index (κ3) is 6.39. The number of rotatable bonds is 8. The highest BCUT2D eigenvalue weighted by molar-refractivity contribution is 5.73. The number of nitrogens with one attached hydrogen (secondary N) is 1. The summed E-state index contributed by atoms with van der Waals surface area (Å²) in [5.74, 6) is -0.602. The molecule has 3 fully saturated rings. The van der Waals surface area contributed by atoms with Crippen LogP contribution >= 0.6 is 0 Å². The Morgan fingerprint density at radius 3 is 1.95 bits per heavy atom. The zero-order chi connectivity index (χ0) is 27.6. The molecule has 16 heteroatoms. The van der Waals surface area contributed by atoms with E-state index in [1.54, 1.807) is 0 Å². The van der Waals surface area contributed by atoms with Gasteiger partial charge in [0.1, 0.15) is 67.1 Å². The highest BCUT2D eigenvalue weighted by Crippen LogP contribution is 2.33. The van der Waals surface area contributed by atoms with Crippen LogP contribution in [0.5, 0.6) is 0 Å². The maximum Gasteiger partial charge on any atom is 0.217 e. The average Bonchev–Trinajstić information content (AvgIpc) is 2.85. The van der Waals surface area contributed by atoms with Gasteiger partial charge >= 0.3 is 0 Å². The molecule has 0 aromatic rings. The standard InChI is InChI=1S/C21H37NO15/c1-6-11(26)17(32-3)15(30)20(33-6)37-18-14(29)12(27)8(4-23)35-21(18)36-16-9(5-24)34-19(31)10(13(16)28)22-7(2)25/h6,8-21,23-24,26-31H,4-5H2,1-3H3,(H,22,25)/t6-,8+,9+,10+,11+,12-,13+,14-,15-,16+,17+,18+,19+,20-,21-/m0/s1. The number of hydrogen-bond acceptors (Lipinski definition) is 15. The number of methoxy groups -OCH3 is 1. The second-order valence-electron chi connectivity index (χ2n) is 9.26. The first-order valence-electron chi connectivity index (χ1n) is 11.8. The van der Waals surface area contributed by atoms with E-state index in [0.717, 1.165) is 6.92 Å². The fourth-order valence-corrected chi connectivity index (χ4v) is 4.65. The Hall–Kier alpha value is -1.09. The zero-order valence-corrected chi connectivity index (χ0v) is 20.5. The van der Waals surface area contributed by atoms with E-state index < -0.39 is 111 Å². The predicted molar refractivity (Wildman–Crippen MR) is 116 cm³/mol. The smallest absolute Gasteiger partial charge is 0.217 e. The minimum atomic E-state index is -1.78. The highest BCUT2D eigenvalue weighted by Gasteiger charge is 2.53. The minimum absolute atomic E-state index is 0.602. The van der Waals surface area contributed by atoms with Gasteiger partial charge in [-0.05, 0) is 6.92 Å². The topological polar surface area (TPSA) is 246 Å². The molecule has 0 radical (unpaired) electrons. The predicted octanol–water partition coefficient (Wildman–Crippen LogP) is -5.75. The number of amides is 1. The van der Waals surface area contributed by atoms with Gasteiger partial charge in [-0.3, -0.25) is 4.79 Å². The summed E-state index contributed by atoms with van der Waals surface area (Å²) in [5, 5.41) is 84.7. The van der Waals surface area contributed by atoms with E-state index in [-0.39, 0.29) is 0 Å². The summed E-state index contributed by atoms with van der Waals surface area (Å²) in [6.45, 7) is 1.15. The number of aliphatic hydroxyl groups excluding tert-OH is 8. The van der Waals surface area contributed by atoms with E-state index in [9.17, 15) is 45.6 Å². The second-order valence-corrected chi connectivity index (χ2v) is 9.26. The van der Waals surface area contributed by atoms with E-state index in [0.29, 0.717) is 0 Å². The Balaban J connectivity index is 1.87. The van der Waals surface area contributed by atoms with E-state index in [1.165, 1.54) is 14.0 Å². The van der Waals surface area contributed by atoms with Crippen LogP contribution in [0.2, 0.25) is 0 Å². The Morgan fingerprint density at radius 2 is 1.38 bits per heavy atom. The van der Waals surface area contributed by atoms with Gasteiger partial charge in [0.15, 0.2) is 18.9 Å². The lowest BCUT2D eigenvalue weighted by molar-refractivity contribution is -0.382. The molecule has 0 bridgehead atoms. The molecule has 3 saturated heterocycles. The third-order valence-corrected chi connectivity index (χ3v) is 6.70. The summed E-state index contributed by atoms with van der Waals surface area (Å²) in [4.78, 5) is 11.5. The Kier molecular flexibility index (Phi) is 10.6. The van der Waals surface area contributed by atoms with Gasteiger partial charge in [-0.25, -0.2) is 0 Å². The van der Waals surface area contributed by atoms with Gasteiger partial charge in [0, 0.05) is 14.0 Å². The van der Waals surface area contributed by atoms with E-state index in [4.69, 9.17) is 28.4 Å². The molecule has 216 valence electrons. The fraction of sp³-hybridized carbons (Fsp3) is 0.952. The summed E-state index contributed by atoms with van der Waals surface area (Å²) in [5.41, 5.74) is 0. The van der Waals surface area contributed by atoms with Gasteiger partial charge in [-0.1, -0.05) is 0 Å². The minimum Gasteiger partial charge on any atom is -0.394 e. The van der Waals surface area contributed by atoms with Crippen molar-refractivity contribution in [2.45, 2.75) is 106 Å². The summed E-state index contributed by atoms with van der Waals surface area (Å²) >= 11 is 0. The van der Waals surface area contributed by atoms with Gasteiger partial charge in [-0.2, -0.15) is 0 Å². The van der Waals surface area contributed by atoms with Crippen LogP contribution < -0.4 is 5.32 Å². The van der Waals surface area contributed by atoms with Gasteiger partial charge in [0.05, 0.1) is 19.3 Å². The lowest BCUT2D eigenvalue weighted by Gasteiger charge is -2.48. The Bertz CT molecular complexity index is 747. The third-order valence-electron chi connectivity index (χ3n) is 6.70. The van der Waals surface area contributed by atoms with Crippen LogP contribution in [0.15, 0.2) is 0 Å². The normalized spacial score (nSPS) is 49.0. The summed E-state index contributed by atoms with van der Waals surface area (Å²) < 4.78 is 33.0. The largest absolute Gasteiger partial charge is 0.394 e. The Morgan fingerprint density at radius 1 is 0.757 bits per heavy atom. The van der Waals surface area contributed by atoms with Crippen LogP contribution in [0.4, 0.5) is 0 Å². The van der Waals surface area contributed by atoms with E-state index >= 15 is 0 Å². The molecule has 0 saturated carbocycles. The van der Waals surface area contributed by atoms with Crippen molar-refractivity contribution in [3.8, 4) is 0 Å². The van der Waals surface area contributed by atoms with Crippen molar-refractivity contribution >= 4 is 5.91 Å². The molecule has 37 heavy (non-hydrogen) atoms. The lowest BCUT2D eigenvalue weighted by Crippen LogP contribution is -2.68. The second kappa shape index (κ2) is 12.8. The van der Waals surface area contributed by atoms with Crippen LogP contribution in [0, 0.1) is 0 Å². The van der Waals surface area contributed by atoms with Crippen LogP contribution in [-0.4, -0.2) is 159 Å². The molecule has 0 spiro atoms. The van der Waals surface area contributed by atoms with Crippen LogP contribution in [-0.2, 0) is 33.2 Å². The molecule has 0 unspecified atom stereocenters. The van der Waals surface area contributed by atoms with Crippen LogP contribution in [0.1, 0.15) is 13.8 Å². The fourth-order valence-electron chi connectivity index (χ4n) is 4.65. The van der Waals surface area contributed by atoms with Crippen molar-refractivity contribution in [2.75, 3.05) is 20.3 Å². The van der Waals surface area contributed by atoms with E-state index in [2.05, 4.69) is 5.32 Å². The number of carbonyl (C=O) groups is 1. The molecule has 3 aliphatic heterocycles. The quantitative estimate of drug-likeness (QED) is 0.138. The van der Waals surface area contributed by atoms with Crippen molar-refractivity contribution in [3.05, 3.63) is 0 Å². The maximum absolute atomic E-state index is 11.5. The average molecular weight is 544 g/mol. The number of hydrogen-bond donors (Lipinski definition) is 9. The van der Waals surface area contributed by atoms with Gasteiger partial charge < -0.3 is 74.6 Å². The molecule has 0 aliphatic carbocycles. The van der Waals surface area contributed by atoms with Crippen molar-refractivity contribution < 1.29 is 74.1 Å². The summed E-state index contributed by atoms with van der Waals surface area (Å²) in [7, 11) is 1.26. The molecular weight excluding hydrogens is 506 g/mol. The van der Waals surface area contributed by atoms with Crippen molar-refractivity contribution in [1.82, 2.24) is 5.32 Å². The van der Waals surface area contributed by atoms with Gasteiger partial charge in [0.25, 0.3) is 0 Å². The number of ether oxygens (including phenoxy) is 6. The van der Waals surface area contributed by atoms with Crippen LogP contribution in [0.3, 0.4) is 0 Å². The molecule has 9 N–H and O–H groups in total. The SMILES string of the molecule is CO[C@H]1[C@H](O)[C@H](O[C@H]2[C@H](O[C@H]3[C@H](O)[C@@H](NC(C)=O)[C@H](O)O[C@@H]3CO)O[C@H](CO)[C@H](O)[C@@H]2O)O[C@@H](C)[C@H]1O. The van der Waals surface area contributed by atoms with Gasteiger partial charge in [0.2, 0.25) is 5.91 Å². The first kappa shape index (κ1) is 30.5. The monoisotopic (exact) mass is 543 g/mol. The summed E-state index contributed by atoms with van der Waals surface area (Å²) in [6.07, 6.45) is -20.5. The molecule has 3 rings (SSSR count). The summed E-state index contributed by atoms with van der Waals surface area (Å²) in [6, 6.07) is -1.37. The molecule has 3 aliphatic rings. The molecular formula is C21H37NO15. The number of aliphatic hydroxyl groups is 8. The highest BCUT2D eigenvalue weighted by atomic mass is 16.8. The molecule has 1 amide bonds. The molecule has 0 aromatic carbocycles. The first-order valence-corrected chi connectivity index (χ1v) is 11.8. The Labute approximate surface area is 212 Å². The van der Waals surface area contributed by atoms with Crippen molar-refractivity contribution in [1.29, 1.82) is 0 Å². The molecule has 3 heterocycles. The molecule has 15 atom stereocenters. The molecule has 16 nitrogen and oxygen atoms in total. The van der Waals surface area contributed by atoms with E-state index in [1.807, 2.05) is 0 Å². The zero-order valence-electron chi connectivity index (χ0n) is 20.5. The molecule has 0 aromatic heterocycles. The van der Waals surface area contributed by atoms with Crippen molar-refractivity contribution in [3.63, 3.8) is 0 Å². The van der Waals surface area contributed by atoms with Crippen LogP contribution in [0.25, 0.3) is 0 Å². The lowest BCUT2D eigenvalue weighted by atomic mass is 9.95. The van der Waals surface area contributed by atoms with Gasteiger partial charge in [-0.15, -0.1) is 0 Å². The first-order chi connectivity index (χ1) is 17.4. The van der Waals surface area contributed by atoms with Crippen molar-refractivity contribution in [2.24, 2.45) is 0 Å². The maximum atomic E-state index is 11.5. The number of carbonyl (C=O) groups excluding carboxylic acids is 1.